The highest BCUT2D eigenvalue weighted by Gasteiger charge is 2.30. The minimum Gasteiger partial charge on any atom is -0.352 e. The van der Waals surface area contributed by atoms with Gasteiger partial charge in [0, 0.05) is 18.5 Å². The van der Waals surface area contributed by atoms with E-state index in [-0.39, 0.29) is 18.9 Å². The standard InChI is InChI=1S/C13H17F3N2O/c1-12(2,17)7-11(19)18-8-9-4-3-5-10(6-9)13(14,15)16/h3-6H,7-8,17H2,1-2H3,(H,18,19). The van der Waals surface area contributed by atoms with Gasteiger partial charge < -0.3 is 11.1 Å². The Balaban J connectivity index is 2.62. The van der Waals surface area contributed by atoms with Crippen molar-refractivity contribution in [1.29, 1.82) is 0 Å². The van der Waals surface area contributed by atoms with Crippen LogP contribution in [0.1, 0.15) is 31.4 Å². The lowest BCUT2D eigenvalue weighted by Gasteiger charge is -2.17. The van der Waals surface area contributed by atoms with Crippen molar-refractivity contribution in [3.05, 3.63) is 35.4 Å². The molecule has 19 heavy (non-hydrogen) atoms. The molecule has 0 atom stereocenters. The number of alkyl halides is 3. The smallest absolute Gasteiger partial charge is 0.352 e. The van der Waals surface area contributed by atoms with Gasteiger partial charge in [0.05, 0.1) is 5.56 Å². The number of nitrogens with two attached hydrogens (primary N) is 1. The van der Waals surface area contributed by atoms with Gasteiger partial charge in [-0.15, -0.1) is 0 Å². The van der Waals surface area contributed by atoms with Crippen LogP contribution in [0.25, 0.3) is 0 Å². The number of hydrogen-bond acceptors (Lipinski definition) is 2. The van der Waals surface area contributed by atoms with E-state index in [1.807, 2.05) is 0 Å². The second-order valence-corrected chi connectivity index (χ2v) is 5.14. The fraction of sp³-hybridized carbons (Fsp3) is 0.462. The highest BCUT2D eigenvalue weighted by atomic mass is 19.4. The molecular weight excluding hydrogens is 257 g/mol. The summed E-state index contributed by atoms with van der Waals surface area (Å²) in [5.74, 6) is -0.287. The summed E-state index contributed by atoms with van der Waals surface area (Å²) in [5, 5.41) is 2.55. The summed E-state index contributed by atoms with van der Waals surface area (Å²) >= 11 is 0. The lowest BCUT2D eigenvalue weighted by Crippen LogP contribution is -2.38. The Morgan fingerprint density at radius 1 is 1.32 bits per heavy atom. The van der Waals surface area contributed by atoms with Gasteiger partial charge in [-0.1, -0.05) is 12.1 Å². The maximum absolute atomic E-state index is 12.5. The maximum atomic E-state index is 12.5. The zero-order valence-corrected chi connectivity index (χ0v) is 10.8. The van der Waals surface area contributed by atoms with Crippen molar-refractivity contribution in [3.63, 3.8) is 0 Å². The van der Waals surface area contributed by atoms with Gasteiger partial charge in [-0.25, -0.2) is 0 Å². The van der Waals surface area contributed by atoms with Gasteiger partial charge in [0.2, 0.25) is 5.91 Å². The van der Waals surface area contributed by atoms with Crippen LogP contribution in [-0.4, -0.2) is 11.4 Å². The number of carbonyl (C=O) groups is 1. The van der Waals surface area contributed by atoms with Crippen molar-refractivity contribution in [2.75, 3.05) is 0 Å². The average Bonchev–Trinajstić information content (AvgIpc) is 2.23. The molecule has 0 saturated carbocycles. The van der Waals surface area contributed by atoms with E-state index in [2.05, 4.69) is 5.32 Å². The van der Waals surface area contributed by atoms with Crippen LogP contribution >= 0.6 is 0 Å². The van der Waals surface area contributed by atoms with Crippen molar-refractivity contribution in [1.82, 2.24) is 5.32 Å². The molecular formula is C13H17F3N2O. The fourth-order valence-electron chi connectivity index (χ4n) is 1.53. The third-order valence-electron chi connectivity index (χ3n) is 2.36. The van der Waals surface area contributed by atoms with Crippen molar-refractivity contribution in [3.8, 4) is 0 Å². The molecule has 0 aliphatic rings. The monoisotopic (exact) mass is 274 g/mol. The number of hydrogen-bond donors (Lipinski definition) is 2. The molecule has 0 heterocycles. The van der Waals surface area contributed by atoms with Crippen LogP contribution in [0.15, 0.2) is 24.3 Å². The van der Waals surface area contributed by atoms with E-state index in [1.165, 1.54) is 12.1 Å². The Hall–Kier alpha value is -1.56. The van der Waals surface area contributed by atoms with Gasteiger partial charge in [-0.2, -0.15) is 13.2 Å². The molecule has 1 rings (SSSR count). The lowest BCUT2D eigenvalue weighted by atomic mass is 10.0. The normalized spacial score (nSPS) is 12.3. The predicted octanol–water partition coefficient (Wildman–Crippen LogP) is 2.45. The Morgan fingerprint density at radius 3 is 2.47 bits per heavy atom. The van der Waals surface area contributed by atoms with Gasteiger partial charge in [-0.3, -0.25) is 4.79 Å². The summed E-state index contributed by atoms with van der Waals surface area (Å²) in [6, 6.07) is 4.86. The molecule has 0 saturated heterocycles. The first-order chi connectivity index (χ1) is 8.58. The molecule has 0 unspecified atom stereocenters. The summed E-state index contributed by atoms with van der Waals surface area (Å²) in [5.41, 5.74) is 4.71. The van der Waals surface area contributed by atoms with Crippen LogP contribution in [0, 0.1) is 0 Å². The summed E-state index contributed by atoms with van der Waals surface area (Å²) in [7, 11) is 0. The summed E-state index contributed by atoms with van der Waals surface area (Å²) in [4.78, 5) is 11.5. The molecule has 6 heteroatoms. The first-order valence-electron chi connectivity index (χ1n) is 5.80. The van der Waals surface area contributed by atoms with Gasteiger partial charge in [0.25, 0.3) is 0 Å². The van der Waals surface area contributed by atoms with Crippen LogP contribution in [0.4, 0.5) is 13.2 Å². The van der Waals surface area contributed by atoms with E-state index >= 15 is 0 Å². The van der Waals surface area contributed by atoms with E-state index in [0.29, 0.717) is 5.56 Å². The van der Waals surface area contributed by atoms with E-state index in [4.69, 9.17) is 5.73 Å². The van der Waals surface area contributed by atoms with E-state index < -0.39 is 17.3 Å². The number of benzene rings is 1. The zero-order chi connectivity index (χ0) is 14.7. The Labute approximate surface area is 110 Å². The highest BCUT2D eigenvalue weighted by Crippen LogP contribution is 2.29. The molecule has 1 aromatic carbocycles. The number of amides is 1. The third-order valence-corrected chi connectivity index (χ3v) is 2.36. The van der Waals surface area contributed by atoms with Gasteiger partial charge >= 0.3 is 6.18 Å². The maximum Gasteiger partial charge on any atom is 0.416 e. The second kappa shape index (κ2) is 5.61. The van der Waals surface area contributed by atoms with Crippen molar-refractivity contribution < 1.29 is 18.0 Å². The van der Waals surface area contributed by atoms with Crippen LogP contribution < -0.4 is 11.1 Å². The average molecular weight is 274 g/mol. The molecule has 1 amide bonds. The summed E-state index contributed by atoms with van der Waals surface area (Å²) in [6.45, 7) is 3.46. The molecule has 3 nitrogen and oxygen atoms in total. The molecule has 106 valence electrons. The Kier molecular flexibility index (Phi) is 4.57. The number of carbonyl (C=O) groups excluding carboxylic acids is 1. The van der Waals surface area contributed by atoms with Crippen molar-refractivity contribution >= 4 is 5.91 Å². The molecule has 0 aromatic heterocycles. The molecule has 0 spiro atoms. The lowest BCUT2D eigenvalue weighted by molar-refractivity contribution is -0.137. The molecule has 3 N–H and O–H groups in total. The van der Waals surface area contributed by atoms with Crippen LogP contribution in [0.5, 0.6) is 0 Å². The molecule has 1 aromatic rings. The topological polar surface area (TPSA) is 55.1 Å². The molecule has 0 bridgehead atoms. The molecule has 0 aliphatic heterocycles. The summed E-state index contributed by atoms with van der Waals surface area (Å²) in [6.07, 6.45) is -4.26. The fourth-order valence-corrected chi connectivity index (χ4v) is 1.53. The second-order valence-electron chi connectivity index (χ2n) is 5.14. The van der Waals surface area contributed by atoms with Crippen molar-refractivity contribution in [2.24, 2.45) is 5.73 Å². The molecule has 0 radical (unpaired) electrons. The van der Waals surface area contributed by atoms with Gasteiger partial charge in [0.1, 0.15) is 0 Å². The quantitative estimate of drug-likeness (QED) is 0.886. The van der Waals surface area contributed by atoms with Crippen LogP contribution in [-0.2, 0) is 17.5 Å². The number of rotatable bonds is 4. The first kappa shape index (κ1) is 15.5. The molecule has 0 fully saturated rings. The highest BCUT2D eigenvalue weighted by molar-refractivity contribution is 5.77. The summed E-state index contributed by atoms with van der Waals surface area (Å²) < 4.78 is 37.5. The van der Waals surface area contributed by atoms with E-state index in [9.17, 15) is 18.0 Å². The van der Waals surface area contributed by atoms with Crippen LogP contribution in [0.2, 0.25) is 0 Å². The SMILES string of the molecule is CC(C)(N)CC(=O)NCc1cccc(C(F)(F)F)c1. The number of halogens is 3. The largest absolute Gasteiger partial charge is 0.416 e. The van der Waals surface area contributed by atoms with Crippen molar-refractivity contribution in [2.45, 2.75) is 38.5 Å². The predicted molar refractivity (Wildman–Crippen MR) is 66.2 cm³/mol. The Morgan fingerprint density at radius 2 is 1.95 bits per heavy atom. The van der Waals surface area contributed by atoms with E-state index in [0.717, 1.165) is 12.1 Å². The third kappa shape index (κ3) is 5.74. The van der Waals surface area contributed by atoms with Gasteiger partial charge in [-0.05, 0) is 31.5 Å². The minimum absolute atomic E-state index is 0.0544. The zero-order valence-electron chi connectivity index (χ0n) is 10.8. The van der Waals surface area contributed by atoms with Gasteiger partial charge in [0.15, 0.2) is 0 Å². The minimum atomic E-state index is -4.38. The first-order valence-corrected chi connectivity index (χ1v) is 5.80. The molecule has 0 aliphatic carbocycles. The van der Waals surface area contributed by atoms with Crippen LogP contribution in [0.3, 0.4) is 0 Å². The van der Waals surface area contributed by atoms with E-state index in [1.54, 1.807) is 13.8 Å². The Bertz CT molecular complexity index is 450. The number of nitrogens with one attached hydrogen (secondary N) is 1.